The summed E-state index contributed by atoms with van der Waals surface area (Å²) in [5.74, 6) is 1.94. The van der Waals surface area contributed by atoms with Gasteiger partial charge in [0, 0.05) is 33.0 Å². The SMILES string of the molecule is Cc1cc(-c2nc(-c3ccccc3)nc(-c3ccccc3)n2)c(C)c(C)c1N1c2ccccc2C(c2ccccc2)(c2cc3ccccc3c3c2oc2ccccc23)c2ccccc21. The molecular weight excluding hydrogens is 781 g/mol. The summed E-state index contributed by atoms with van der Waals surface area (Å²) in [6.07, 6.45) is 0. The predicted octanol–water partition coefficient (Wildman–Crippen LogP) is 15.0. The molecule has 0 N–H and O–H groups in total. The second-order valence-electron chi connectivity index (χ2n) is 16.8. The zero-order valence-corrected chi connectivity index (χ0v) is 35.7. The van der Waals surface area contributed by atoms with E-state index in [-0.39, 0.29) is 0 Å². The fraction of sp³-hybridized carbons (Fsp3) is 0.0678. The lowest BCUT2D eigenvalue weighted by atomic mass is 9.62. The molecule has 1 aliphatic rings. The molecule has 5 heteroatoms. The number of rotatable bonds is 6. The molecule has 1 aliphatic heterocycles. The highest BCUT2D eigenvalue weighted by molar-refractivity contribution is 6.20. The Balaban J connectivity index is 1.12. The van der Waals surface area contributed by atoms with Crippen LogP contribution in [0.4, 0.5) is 17.1 Å². The van der Waals surface area contributed by atoms with E-state index in [0.717, 1.165) is 77.9 Å². The van der Waals surface area contributed by atoms with Gasteiger partial charge in [0.25, 0.3) is 0 Å². The third kappa shape index (κ3) is 5.60. The van der Waals surface area contributed by atoms with Crippen LogP contribution in [-0.4, -0.2) is 15.0 Å². The lowest BCUT2D eigenvalue weighted by Gasteiger charge is -2.47. The Morgan fingerprint density at radius 1 is 0.453 bits per heavy atom. The molecule has 0 aliphatic carbocycles. The summed E-state index contributed by atoms with van der Waals surface area (Å²) in [7, 11) is 0. The maximum atomic E-state index is 7.09. The normalized spacial score (nSPS) is 13.0. The van der Waals surface area contributed by atoms with Crippen molar-refractivity contribution in [3.8, 4) is 34.2 Å². The van der Waals surface area contributed by atoms with Gasteiger partial charge >= 0.3 is 0 Å². The van der Waals surface area contributed by atoms with Crippen LogP contribution in [0.15, 0.2) is 205 Å². The van der Waals surface area contributed by atoms with Crippen LogP contribution in [0, 0.1) is 20.8 Å². The van der Waals surface area contributed by atoms with Crippen LogP contribution in [0.25, 0.3) is 66.9 Å². The molecule has 0 radical (unpaired) electrons. The van der Waals surface area contributed by atoms with Crippen molar-refractivity contribution in [2.75, 3.05) is 4.90 Å². The number of para-hydroxylation sites is 3. The molecule has 0 bridgehead atoms. The zero-order valence-electron chi connectivity index (χ0n) is 35.7. The van der Waals surface area contributed by atoms with E-state index in [2.05, 4.69) is 189 Å². The zero-order chi connectivity index (χ0) is 42.9. The molecular formula is C59H42N4O. The molecule has 0 fully saturated rings. The maximum absolute atomic E-state index is 7.09. The monoisotopic (exact) mass is 822 g/mol. The fourth-order valence-corrected chi connectivity index (χ4v) is 10.4. The van der Waals surface area contributed by atoms with E-state index < -0.39 is 5.41 Å². The van der Waals surface area contributed by atoms with Crippen molar-refractivity contribution in [3.05, 3.63) is 239 Å². The van der Waals surface area contributed by atoms with Gasteiger partial charge in [-0.2, -0.15) is 0 Å². The first-order valence-electron chi connectivity index (χ1n) is 21.9. The molecule has 0 amide bonds. The van der Waals surface area contributed by atoms with Crippen LogP contribution < -0.4 is 4.90 Å². The first-order valence-corrected chi connectivity index (χ1v) is 21.9. The van der Waals surface area contributed by atoms with Gasteiger partial charge in [-0.05, 0) is 95.3 Å². The van der Waals surface area contributed by atoms with Gasteiger partial charge in [0.15, 0.2) is 17.5 Å². The Bertz CT molecular complexity index is 3490. The minimum absolute atomic E-state index is 0.645. The number of benzene rings is 9. The highest BCUT2D eigenvalue weighted by atomic mass is 16.3. The number of fused-ring (bicyclic) bond motifs is 7. The van der Waals surface area contributed by atoms with Gasteiger partial charge in [0.1, 0.15) is 11.2 Å². The third-order valence-electron chi connectivity index (χ3n) is 13.3. The van der Waals surface area contributed by atoms with E-state index in [4.69, 9.17) is 19.4 Å². The Labute approximate surface area is 372 Å². The average molecular weight is 823 g/mol. The van der Waals surface area contributed by atoms with Crippen molar-refractivity contribution in [3.63, 3.8) is 0 Å². The third-order valence-corrected chi connectivity index (χ3v) is 13.3. The van der Waals surface area contributed by atoms with E-state index in [1.54, 1.807) is 0 Å². The number of anilines is 3. The minimum atomic E-state index is -0.759. The summed E-state index contributed by atoms with van der Waals surface area (Å²) in [6, 6.07) is 71.1. The van der Waals surface area contributed by atoms with E-state index in [1.807, 2.05) is 36.4 Å². The van der Waals surface area contributed by atoms with Crippen LogP contribution >= 0.6 is 0 Å². The van der Waals surface area contributed by atoms with Crippen LogP contribution in [0.1, 0.15) is 38.9 Å². The molecule has 2 aromatic heterocycles. The largest absolute Gasteiger partial charge is 0.456 e. The Morgan fingerprint density at radius 2 is 0.969 bits per heavy atom. The number of hydrogen-bond donors (Lipinski definition) is 0. The molecule has 9 aromatic carbocycles. The maximum Gasteiger partial charge on any atom is 0.164 e. The number of aryl methyl sites for hydroxylation is 1. The average Bonchev–Trinajstić information content (AvgIpc) is 3.76. The summed E-state index contributed by atoms with van der Waals surface area (Å²) < 4.78 is 7.09. The van der Waals surface area contributed by atoms with Crippen LogP contribution in [0.5, 0.6) is 0 Å². The van der Waals surface area contributed by atoms with Crippen molar-refractivity contribution in [2.45, 2.75) is 26.2 Å². The summed E-state index contributed by atoms with van der Waals surface area (Å²) in [4.78, 5) is 17.8. The van der Waals surface area contributed by atoms with E-state index in [0.29, 0.717) is 17.5 Å². The first-order chi connectivity index (χ1) is 31.5. The van der Waals surface area contributed by atoms with Crippen molar-refractivity contribution < 1.29 is 4.42 Å². The first kappa shape index (κ1) is 37.6. The standard InChI is InChI=1S/C59H42N4O/c1-37-35-46(58-61-56(40-21-7-4-8-22-40)60-57(62-58)41-23-9-5-10-24-41)38(2)39(3)54(37)63-50-32-18-16-30-47(50)59(43-26-11-6-12-27-43,48-31-17-19-33-51(48)63)49-36-42-25-13-14-28-44(42)53-45-29-15-20-34-52(45)64-55(49)53/h4-36H,1-3H3. The Morgan fingerprint density at radius 3 is 1.61 bits per heavy atom. The fourth-order valence-electron chi connectivity index (χ4n) is 10.4. The van der Waals surface area contributed by atoms with Crippen molar-refractivity contribution in [2.24, 2.45) is 0 Å². The van der Waals surface area contributed by atoms with Gasteiger partial charge in [-0.1, -0.05) is 170 Å². The highest BCUT2D eigenvalue weighted by Crippen LogP contribution is 2.60. The molecule has 12 rings (SSSR count). The molecule has 0 saturated heterocycles. The summed E-state index contributed by atoms with van der Waals surface area (Å²) in [5.41, 5.74) is 15.3. The Kier molecular flexibility index (Phi) is 8.66. The second-order valence-corrected chi connectivity index (χ2v) is 16.8. The molecule has 0 unspecified atom stereocenters. The predicted molar refractivity (Wildman–Crippen MR) is 262 cm³/mol. The number of furan rings is 1. The van der Waals surface area contributed by atoms with E-state index >= 15 is 0 Å². The summed E-state index contributed by atoms with van der Waals surface area (Å²) in [5, 5.41) is 4.61. The number of hydrogen-bond acceptors (Lipinski definition) is 5. The molecule has 64 heavy (non-hydrogen) atoms. The van der Waals surface area contributed by atoms with E-state index in [9.17, 15) is 0 Å². The minimum Gasteiger partial charge on any atom is -0.456 e. The van der Waals surface area contributed by atoms with E-state index in [1.165, 1.54) is 27.5 Å². The van der Waals surface area contributed by atoms with Gasteiger partial charge in [-0.3, -0.25) is 0 Å². The van der Waals surface area contributed by atoms with Crippen LogP contribution in [0.2, 0.25) is 0 Å². The van der Waals surface area contributed by atoms with Gasteiger partial charge < -0.3 is 9.32 Å². The van der Waals surface area contributed by atoms with Crippen molar-refractivity contribution in [1.29, 1.82) is 0 Å². The van der Waals surface area contributed by atoms with Gasteiger partial charge in [-0.15, -0.1) is 0 Å². The highest BCUT2D eigenvalue weighted by Gasteiger charge is 2.48. The van der Waals surface area contributed by atoms with Crippen LogP contribution in [-0.2, 0) is 5.41 Å². The van der Waals surface area contributed by atoms with Crippen molar-refractivity contribution >= 4 is 49.8 Å². The van der Waals surface area contributed by atoms with Crippen LogP contribution in [0.3, 0.4) is 0 Å². The van der Waals surface area contributed by atoms with Gasteiger partial charge in [0.05, 0.1) is 22.5 Å². The molecule has 0 spiro atoms. The Hall–Kier alpha value is -8.15. The quantitative estimate of drug-likeness (QED) is 0.167. The van der Waals surface area contributed by atoms with Crippen molar-refractivity contribution in [1.82, 2.24) is 15.0 Å². The second kappa shape index (κ2) is 14.7. The molecule has 3 heterocycles. The van der Waals surface area contributed by atoms with Gasteiger partial charge in [-0.25, -0.2) is 15.0 Å². The van der Waals surface area contributed by atoms with Gasteiger partial charge in [0.2, 0.25) is 0 Å². The summed E-state index contributed by atoms with van der Waals surface area (Å²) in [6.45, 7) is 6.66. The molecule has 0 atom stereocenters. The smallest absolute Gasteiger partial charge is 0.164 e. The lowest BCUT2D eigenvalue weighted by Crippen LogP contribution is -2.38. The molecule has 0 saturated carbocycles. The lowest BCUT2D eigenvalue weighted by molar-refractivity contribution is 0.644. The molecule has 11 aromatic rings. The number of aromatic nitrogens is 3. The molecule has 5 nitrogen and oxygen atoms in total. The summed E-state index contributed by atoms with van der Waals surface area (Å²) >= 11 is 0. The molecule has 304 valence electrons. The topological polar surface area (TPSA) is 55.1 Å². The number of nitrogens with zero attached hydrogens (tertiary/aromatic N) is 4.